The van der Waals surface area contributed by atoms with Gasteiger partial charge in [0.1, 0.15) is 5.69 Å². The summed E-state index contributed by atoms with van der Waals surface area (Å²) in [6.45, 7) is 0. The molecular formula is C12H12FN7O2. The molecule has 0 spiro atoms. The molecule has 0 atom stereocenters. The van der Waals surface area contributed by atoms with Crippen LogP contribution in [0.1, 0.15) is 10.5 Å². The third kappa shape index (κ3) is 3.36. The molecule has 0 saturated carbocycles. The maximum Gasteiger partial charge on any atom is 0.356 e. The predicted molar refractivity (Wildman–Crippen MR) is 77.6 cm³/mol. The number of guanidine groups is 2. The summed E-state index contributed by atoms with van der Waals surface area (Å²) in [7, 11) is 0. The predicted octanol–water partition coefficient (Wildman–Crippen LogP) is -0.0708. The number of nitrogens with two attached hydrogens (primary N) is 3. The lowest BCUT2D eigenvalue weighted by Crippen LogP contribution is -2.26. The van der Waals surface area contributed by atoms with Crippen LogP contribution < -0.4 is 17.2 Å². The molecule has 7 N–H and O–H groups in total. The van der Waals surface area contributed by atoms with Crippen molar-refractivity contribution in [2.45, 2.75) is 0 Å². The number of benzene rings is 1. The van der Waals surface area contributed by atoms with Crippen LogP contribution in [0.5, 0.6) is 0 Å². The van der Waals surface area contributed by atoms with Gasteiger partial charge in [0.25, 0.3) is 0 Å². The molecule has 0 aliphatic heterocycles. The highest BCUT2D eigenvalue weighted by molar-refractivity contribution is 5.93. The number of aliphatic imine (C=N–C) groups is 2. The largest absolute Gasteiger partial charge is 0.476 e. The molecular weight excluding hydrogens is 293 g/mol. The second kappa shape index (κ2) is 5.91. The molecule has 0 aliphatic rings. The monoisotopic (exact) mass is 305 g/mol. The quantitative estimate of drug-likeness (QED) is 0.459. The average Bonchev–Trinajstić information content (AvgIpc) is 2.87. The van der Waals surface area contributed by atoms with Crippen molar-refractivity contribution in [3.8, 4) is 5.69 Å². The molecule has 0 unspecified atom stereocenters. The van der Waals surface area contributed by atoms with Crippen LogP contribution in [0.4, 0.5) is 10.1 Å². The highest BCUT2D eigenvalue weighted by Crippen LogP contribution is 2.20. The first-order chi connectivity index (χ1) is 10.4. The van der Waals surface area contributed by atoms with Gasteiger partial charge in [-0.2, -0.15) is 10.1 Å². The van der Waals surface area contributed by atoms with Gasteiger partial charge in [0.15, 0.2) is 17.5 Å². The Labute approximate surface area is 123 Å². The molecule has 0 fully saturated rings. The van der Waals surface area contributed by atoms with Gasteiger partial charge in [0.2, 0.25) is 5.96 Å². The lowest BCUT2D eigenvalue weighted by molar-refractivity contribution is 0.0690. The van der Waals surface area contributed by atoms with E-state index in [9.17, 15) is 9.18 Å². The van der Waals surface area contributed by atoms with Crippen molar-refractivity contribution in [3.63, 3.8) is 0 Å². The van der Waals surface area contributed by atoms with Crippen molar-refractivity contribution in [1.82, 2.24) is 9.78 Å². The number of carboxylic acid groups (broad SMARTS) is 1. The Morgan fingerprint density at radius 2 is 2.00 bits per heavy atom. The van der Waals surface area contributed by atoms with E-state index in [0.717, 1.165) is 10.7 Å². The van der Waals surface area contributed by atoms with E-state index in [1.807, 2.05) is 0 Å². The maximum absolute atomic E-state index is 14.1. The molecule has 0 aliphatic carbocycles. The average molecular weight is 305 g/mol. The zero-order valence-corrected chi connectivity index (χ0v) is 11.1. The Balaban J connectivity index is 2.33. The Morgan fingerprint density at radius 1 is 1.27 bits per heavy atom. The fourth-order valence-electron chi connectivity index (χ4n) is 1.61. The first kappa shape index (κ1) is 15.0. The van der Waals surface area contributed by atoms with Gasteiger partial charge < -0.3 is 22.3 Å². The number of hydrogen-bond donors (Lipinski definition) is 4. The van der Waals surface area contributed by atoms with Crippen LogP contribution in [0.15, 0.2) is 40.4 Å². The smallest absolute Gasteiger partial charge is 0.356 e. The number of rotatable bonds is 3. The summed E-state index contributed by atoms with van der Waals surface area (Å²) >= 11 is 0. The lowest BCUT2D eigenvalue weighted by Gasteiger charge is -2.04. The number of carbonyl (C=O) groups is 1. The molecule has 22 heavy (non-hydrogen) atoms. The zero-order valence-electron chi connectivity index (χ0n) is 11.1. The van der Waals surface area contributed by atoms with E-state index in [1.165, 1.54) is 24.4 Å². The van der Waals surface area contributed by atoms with Crippen LogP contribution in [-0.4, -0.2) is 32.8 Å². The fourth-order valence-corrected chi connectivity index (χ4v) is 1.61. The molecule has 2 rings (SSSR count). The van der Waals surface area contributed by atoms with E-state index in [4.69, 9.17) is 22.3 Å². The normalized spacial score (nSPS) is 11.2. The molecule has 0 radical (unpaired) electrons. The van der Waals surface area contributed by atoms with Crippen molar-refractivity contribution in [1.29, 1.82) is 0 Å². The number of nitrogens with zero attached hydrogens (tertiary/aromatic N) is 4. The van der Waals surface area contributed by atoms with Crippen LogP contribution >= 0.6 is 0 Å². The SMILES string of the molecule is NC(N)=NC(N)=Nc1ccc(-n2ccc(C(=O)O)n2)c(F)c1. The molecule has 2 aromatic rings. The molecule has 0 saturated heterocycles. The van der Waals surface area contributed by atoms with Crippen molar-refractivity contribution in [2.75, 3.05) is 0 Å². The van der Waals surface area contributed by atoms with Crippen LogP contribution in [-0.2, 0) is 0 Å². The molecule has 114 valence electrons. The van der Waals surface area contributed by atoms with Gasteiger partial charge in [-0.05, 0) is 18.2 Å². The Hall–Kier alpha value is -3.43. The summed E-state index contributed by atoms with van der Waals surface area (Å²) in [4.78, 5) is 18.1. The fraction of sp³-hybridized carbons (Fsp3) is 0. The van der Waals surface area contributed by atoms with Crippen LogP contribution in [0.3, 0.4) is 0 Å². The van der Waals surface area contributed by atoms with E-state index in [0.29, 0.717) is 0 Å². The summed E-state index contributed by atoms with van der Waals surface area (Å²) in [5.74, 6) is -2.36. The van der Waals surface area contributed by atoms with E-state index < -0.39 is 11.8 Å². The van der Waals surface area contributed by atoms with Gasteiger partial charge in [-0.25, -0.2) is 18.9 Å². The van der Waals surface area contributed by atoms with Crippen molar-refractivity contribution in [3.05, 3.63) is 42.0 Å². The minimum absolute atomic E-state index is 0.0619. The van der Waals surface area contributed by atoms with Crippen molar-refractivity contribution >= 4 is 23.6 Å². The standard InChI is InChI=1S/C12H12FN7O2/c13-7-5-6(17-12(16)18-11(14)15)1-2-9(7)20-4-3-8(19-20)10(21)22/h1-5H,(H,21,22)(H6,14,15,16,17,18). The van der Waals surface area contributed by atoms with Crippen molar-refractivity contribution in [2.24, 2.45) is 27.2 Å². The Morgan fingerprint density at radius 3 is 2.55 bits per heavy atom. The molecule has 10 heteroatoms. The summed E-state index contributed by atoms with van der Waals surface area (Å²) in [6, 6.07) is 5.17. The Kier molecular flexibility index (Phi) is 4.02. The van der Waals surface area contributed by atoms with E-state index in [1.54, 1.807) is 0 Å². The highest BCUT2D eigenvalue weighted by atomic mass is 19.1. The minimum Gasteiger partial charge on any atom is -0.476 e. The van der Waals surface area contributed by atoms with Gasteiger partial charge >= 0.3 is 5.97 Å². The third-order valence-electron chi connectivity index (χ3n) is 2.47. The minimum atomic E-state index is -1.20. The molecule has 1 aromatic heterocycles. The van der Waals surface area contributed by atoms with Gasteiger partial charge in [-0.3, -0.25) is 0 Å². The van der Waals surface area contributed by atoms with Crippen molar-refractivity contribution < 1.29 is 14.3 Å². The number of halogens is 1. The summed E-state index contributed by atoms with van der Waals surface area (Å²) in [6.07, 6.45) is 1.33. The Bertz CT molecular complexity index is 778. The number of aromatic carboxylic acids is 1. The second-order valence-corrected chi connectivity index (χ2v) is 4.09. The zero-order chi connectivity index (χ0) is 16.3. The lowest BCUT2D eigenvalue weighted by atomic mass is 10.2. The van der Waals surface area contributed by atoms with E-state index in [2.05, 4.69) is 15.1 Å². The summed E-state index contributed by atoms with van der Waals surface area (Å²) in [5.41, 5.74) is 15.8. The molecule has 1 aromatic carbocycles. The number of aromatic nitrogens is 2. The van der Waals surface area contributed by atoms with Crippen LogP contribution in [0.2, 0.25) is 0 Å². The first-order valence-corrected chi connectivity index (χ1v) is 5.89. The topological polar surface area (TPSA) is 158 Å². The van der Waals surface area contributed by atoms with Gasteiger partial charge in [-0.1, -0.05) is 0 Å². The third-order valence-corrected chi connectivity index (χ3v) is 2.47. The molecule has 1 heterocycles. The molecule has 0 amide bonds. The number of hydrogen-bond acceptors (Lipinski definition) is 3. The molecule has 9 nitrogen and oxygen atoms in total. The van der Waals surface area contributed by atoms with Gasteiger partial charge in [0, 0.05) is 12.3 Å². The van der Waals surface area contributed by atoms with Crippen LogP contribution in [0, 0.1) is 5.82 Å². The van der Waals surface area contributed by atoms with Crippen LogP contribution in [0.25, 0.3) is 5.69 Å². The summed E-state index contributed by atoms with van der Waals surface area (Å²) < 4.78 is 15.2. The van der Waals surface area contributed by atoms with Gasteiger partial charge in [-0.15, -0.1) is 0 Å². The number of carboxylic acids is 1. The van der Waals surface area contributed by atoms with E-state index in [-0.39, 0.29) is 29.0 Å². The highest BCUT2D eigenvalue weighted by Gasteiger charge is 2.11. The van der Waals surface area contributed by atoms with E-state index >= 15 is 0 Å². The maximum atomic E-state index is 14.1. The van der Waals surface area contributed by atoms with Gasteiger partial charge in [0.05, 0.1) is 5.69 Å². The first-order valence-electron chi connectivity index (χ1n) is 5.89. The summed E-state index contributed by atoms with van der Waals surface area (Å²) in [5, 5.41) is 12.5. The molecule has 0 bridgehead atoms. The second-order valence-electron chi connectivity index (χ2n) is 4.09.